The number of fused-ring (bicyclic) bond motifs is 1. The van der Waals surface area contributed by atoms with E-state index >= 15 is 0 Å². The largest absolute Gasteiger partial charge is 0.395 e. The molecule has 3 aromatic rings. The molecule has 0 amide bonds. The van der Waals surface area contributed by atoms with E-state index in [9.17, 15) is 15.4 Å². The van der Waals surface area contributed by atoms with Crippen molar-refractivity contribution in [3.8, 4) is 6.07 Å². The summed E-state index contributed by atoms with van der Waals surface area (Å²) in [5.74, 6) is 0. The highest BCUT2D eigenvalue weighted by Gasteiger charge is 2.15. The van der Waals surface area contributed by atoms with Crippen LogP contribution in [0.4, 0.5) is 22.7 Å². The number of benzene rings is 2. The molecule has 0 saturated heterocycles. The van der Waals surface area contributed by atoms with Crippen LogP contribution in [-0.4, -0.2) is 28.2 Å². The summed E-state index contributed by atoms with van der Waals surface area (Å²) in [5.41, 5.74) is 1.96. The maximum absolute atomic E-state index is 11.0. The summed E-state index contributed by atoms with van der Waals surface area (Å²) in [5, 5.41) is 41.4. The number of nitrogens with one attached hydrogen (secondary N) is 1. The Morgan fingerprint density at radius 2 is 2.14 bits per heavy atom. The summed E-state index contributed by atoms with van der Waals surface area (Å²) in [6.45, 7) is 0.370. The molecule has 2 aromatic carbocycles. The number of aliphatic hydroxyl groups is 1. The fraction of sp³-hybridized carbons (Fsp3) is 0.111. The summed E-state index contributed by atoms with van der Waals surface area (Å²) in [4.78, 5) is 14.7. The summed E-state index contributed by atoms with van der Waals surface area (Å²) < 4.78 is 0.297. The Balaban J connectivity index is 2.05. The Labute approximate surface area is 167 Å². The maximum atomic E-state index is 11.0. The molecular weight excluding hydrogens is 428 g/mol. The average molecular weight is 441 g/mol. The second kappa shape index (κ2) is 8.51. The van der Waals surface area contributed by atoms with Crippen LogP contribution < -0.4 is 5.32 Å². The molecule has 0 fully saturated rings. The van der Waals surface area contributed by atoms with Crippen molar-refractivity contribution in [3.63, 3.8) is 0 Å². The topological polar surface area (TPSA) is 137 Å². The molecular formula is C18H13BrN6O3. The van der Waals surface area contributed by atoms with Gasteiger partial charge in [0.1, 0.15) is 11.8 Å². The van der Waals surface area contributed by atoms with Crippen LogP contribution in [0.5, 0.6) is 0 Å². The normalized spacial score (nSPS) is 10.9. The van der Waals surface area contributed by atoms with Crippen LogP contribution in [0.25, 0.3) is 10.9 Å². The number of aromatic nitrogens is 1. The highest BCUT2D eigenvalue weighted by Crippen LogP contribution is 2.36. The van der Waals surface area contributed by atoms with Crippen LogP contribution in [0, 0.1) is 21.4 Å². The third-order valence-electron chi connectivity index (χ3n) is 3.81. The summed E-state index contributed by atoms with van der Waals surface area (Å²) in [6, 6.07) is 11.4. The fourth-order valence-corrected chi connectivity index (χ4v) is 3.09. The number of azo groups is 1. The number of hydrogen-bond acceptors (Lipinski definition) is 8. The number of nitrogens with zero attached hydrogens (tertiary/aromatic N) is 5. The third kappa shape index (κ3) is 3.95. The van der Waals surface area contributed by atoms with E-state index in [1.165, 1.54) is 6.07 Å². The number of aliphatic hydroxyl groups excluding tert-OH is 1. The Bertz CT molecular complexity index is 1130. The quantitative estimate of drug-likeness (QED) is 0.326. The lowest BCUT2D eigenvalue weighted by atomic mass is 10.1. The van der Waals surface area contributed by atoms with E-state index in [0.717, 1.165) is 17.1 Å². The molecule has 28 heavy (non-hydrogen) atoms. The first-order valence-electron chi connectivity index (χ1n) is 8.07. The molecule has 0 unspecified atom stereocenters. The van der Waals surface area contributed by atoms with Crippen LogP contribution >= 0.6 is 15.9 Å². The Kier molecular flexibility index (Phi) is 5.88. The zero-order chi connectivity index (χ0) is 20.1. The number of hydrogen-bond donors (Lipinski definition) is 2. The molecule has 10 heteroatoms. The van der Waals surface area contributed by atoms with E-state index in [2.05, 4.69) is 36.5 Å². The molecule has 0 bridgehead atoms. The smallest absolute Gasteiger partial charge is 0.272 e. The lowest BCUT2D eigenvalue weighted by Gasteiger charge is -2.09. The fourth-order valence-electron chi connectivity index (χ4n) is 2.56. The highest BCUT2D eigenvalue weighted by molar-refractivity contribution is 9.10. The van der Waals surface area contributed by atoms with E-state index in [-0.39, 0.29) is 23.5 Å². The number of nitro groups is 1. The molecule has 0 atom stereocenters. The van der Waals surface area contributed by atoms with Gasteiger partial charge in [0.05, 0.1) is 38.5 Å². The van der Waals surface area contributed by atoms with E-state index < -0.39 is 4.92 Å². The first-order valence-corrected chi connectivity index (χ1v) is 8.86. The predicted octanol–water partition coefficient (Wildman–Crippen LogP) is 4.60. The maximum Gasteiger partial charge on any atom is 0.272 e. The summed E-state index contributed by atoms with van der Waals surface area (Å²) in [7, 11) is 0. The van der Waals surface area contributed by atoms with Gasteiger partial charge in [-0.05, 0) is 40.2 Å². The lowest BCUT2D eigenvalue weighted by Crippen LogP contribution is -2.06. The van der Waals surface area contributed by atoms with Crippen molar-refractivity contribution in [2.75, 3.05) is 18.5 Å². The predicted molar refractivity (Wildman–Crippen MR) is 107 cm³/mol. The molecule has 3 rings (SSSR count). The van der Waals surface area contributed by atoms with E-state index in [1.54, 1.807) is 24.4 Å². The zero-order valence-corrected chi connectivity index (χ0v) is 15.9. The number of anilines is 1. The van der Waals surface area contributed by atoms with Crippen LogP contribution in [0.15, 0.2) is 57.3 Å². The van der Waals surface area contributed by atoms with Gasteiger partial charge in [-0.3, -0.25) is 15.1 Å². The molecule has 9 nitrogen and oxygen atoms in total. The van der Waals surface area contributed by atoms with Crippen molar-refractivity contribution in [1.29, 1.82) is 5.26 Å². The molecule has 2 N–H and O–H groups in total. The van der Waals surface area contributed by atoms with Gasteiger partial charge in [0.15, 0.2) is 0 Å². The summed E-state index contributed by atoms with van der Waals surface area (Å²) >= 11 is 3.22. The van der Waals surface area contributed by atoms with E-state index in [1.807, 2.05) is 12.1 Å². The number of rotatable bonds is 6. The standard InChI is InChI=1S/C18H13BrN6O3/c19-14-9-12(25(27)28)8-11(10-20)17(14)24-23-15-3-4-16(21-6-7-26)18-13(15)2-1-5-22-18/h1-5,8-9,21,26H,6-7H2. The molecule has 1 heterocycles. The lowest BCUT2D eigenvalue weighted by molar-refractivity contribution is -0.384. The van der Waals surface area contributed by atoms with Gasteiger partial charge in [0.2, 0.25) is 0 Å². The molecule has 0 radical (unpaired) electrons. The van der Waals surface area contributed by atoms with Crippen molar-refractivity contribution >= 4 is 49.6 Å². The zero-order valence-electron chi connectivity index (χ0n) is 14.3. The van der Waals surface area contributed by atoms with Crippen molar-refractivity contribution in [2.24, 2.45) is 10.2 Å². The third-order valence-corrected chi connectivity index (χ3v) is 4.42. The minimum Gasteiger partial charge on any atom is -0.395 e. The van der Waals surface area contributed by atoms with Crippen molar-refractivity contribution in [1.82, 2.24) is 4.98 Å². The molecule has 1 aromatic heterocycles. The molecule has 0 aliphatic heterocycles. The molecule has 0 aliphatic rings. The van der Waals surface area contributed by atoms with Gasteiger partial charge in [-0.15, -0.1) is 10.2 Å². The Morgan fingerprint density at radius 3 is 2.86 bits per heavy atom. The van der Waals surface area contributed by atoms with Gasteiger partial charge < -0.3 is 10.4 Å². The first-order chi connectivity index (χ1) is 13.5. The Morgan fingerprint density at radius 1 is 1.32 bits per heavy atom. The van der Waals surface area contributed by atoms with Gasteiger partial charge in [-0.1, -0.05) is 0 Å². The molecule has 140 valence electrons. The minimum atomic E-state index is -0.580. The van der Waals surface area contributed by atoms with Crippen molar-refractivity contribution < 1.29 is 10.0 Å². The average Bonchev–Trinajstić information content (AvgIpc) is 2.71. The second-order valence-corrected chi connectivity index (χ2v) is 6.43. The van der Waals surface area contributed by atoms with Crippen LogP contribution in [0.3, 0.4) is 0 Å². The minimum absolute atomic E-state index is 0.0130. The van der Waals surface area contributed by atoms with Crippen LogP contribution in [-0.2, 0) is 0 Å². The van der Waals surface area contributed by atoms with Gasteiger partial charge in [-0.2, -0.15) is 5.26 Å². The Hall–Kier alpha value is -3.42. The SMILES string of the molecule is N#Cc1cc([N+](=O)[O-])cc(Br)c1N=Nc1ccc(NCCO)c2ncccc12. The molecule has 0 saturated carbocycles. The second-order valence-electron chi connectivity index (χ2n) is 5.57. The van der Waals surface area contributed by atoms with E-state index in [0.29, 0.717) is 22.2 Å². The van der Waals surface area contributed by atoms with Crippen LogP contribution in [0.1, 0.15) is 5.56 Å². The van der Waals surface area contributed by atoms with E-state index in [4.69, 9.17) is 5.11 Å². The van der Waals surface area contributed by atoms with Gasteiger partial charge in [-0.25, -0.2) is 0 Å². The van der Waals surface area contributed by atoms with Crippen LogP contribution in [0.2, 0.25) is 0 Å². The number of non-ortho nitro benzene ring substituents is 1. The van der Waals surface area contributed by atoms with Crippen molar-refractivity contribution in [3.05, 3.63) is 62.7 Å². The monoisotopic (exact) mass is 440 g/mol. The number of halogens is 1. The number of nitriles is 1. The van der Waals surface area contributed by atoms with Crippen molar-refractivity contribution in [2.45, 2.75) is 0 Å². The van der Waals surface area contributed by atoms with Gasteiger partial charge in [0.25, 0.3) is 5.69 Å². The molecule has 0 aliphatic carbocycles. The first kappa shape index (κ1) is 19.3. The highest BCUT2D eigenvalue weighted by atomic mass is 79.9. The number of nitro benzene ring substituents is 1. The van der Waals surface area contributed by atoms with Gasteiger partial charge >= 0.3 is 0 Å². The number of pyridine rings is 1. The summed E-state index contributed by atoms with van der Waals surface area (Å²) in [6.07, 6.45) is 1.65. The molecule has 0 spiro atoms. The van der Waals surface area contributed by atoms with Gasteiger partial charge in [0, 0.05) is 30.3 Å².